The van der Waals surface area contributed by atoms with Gasteiger partial charge < -0.3 is 21.7 Å². The van der Waals surface area contributed by atoms with Crippen LogP contribution in [0.3, 0.4) is 0 Å². The molecule has 2 aromatic rings. The smallest absolute Gasteiger partial charge is 0.319 e. The quantitative estimate of drug-likeness (QED) is 0.648. The SMILES string of the molecule is CC(C)C(=O)Nc1cc(NC(=O)N[C@H](C)c2nnc(N)s2)ccc1F. The van der Waals surface area contributed by atoms with Crippen LogP contribution in [0.15, 0.2) is 18.2 Å². The van der Waals surface area contributed by atoms with Gasteiger partial charge in [0.1, 0.15) is 10.8 Å². The Kier molecular flexibility index (Phi) is 5.86. The number of nitrogens with two attached hydrogens (primary N) is 1. The van der Waals surface area contributed by atoms with Crippen LogP contribution in [0.25, 0.3) is 0 Å². The summed E-state index contributed by atoms with van der Waals surface area (Å²) in [6.07, 6.45) is 0. The van der Waals surface area contributed by atoms with E-state index in [0.717, 1.165) is 0 Å². The highest BCUT2D eigenvalue weighted by atomic mass is 32.1. The molecular formula is C15H19FN6O2S. The molecule has 0 aliphatic carbocycles. The van der Waals surface area contributed by atoms with Crippen molar-refractivity contribution >= 4 is 39.8 Å². The molecule has 1 atom stereocenters. The number of hydrogen-bond acceptors (Lipinski definition) is 6. The fourth-order valence-electron chi connectivity index (χ4n) is 1.82. The van der Waals surface area contributed by atoms with E-state index in [1.165, 1.54) is 29.5 Å². The first kappa shape index (κ1) is 18.6. The summed E-state index contributed by atoms with van der Waals surface area (Å²) in [5.41, 5.74) is 5.85. The van der Waals surface area contributed by atoms with Gasteiger partial charge in [0.15, 0.2) is 0 Å². The number of hydrogen-bond donors (Lipinski definition) is 4. The Bertz CT molecular complexity index is 779. The van der Waals surface area contributed by atoms with Gasteiger partial charge in [-0.05, 0) is 25.1 Å². The molecule has 134 valence electrons. The Hall–Kier alpha value is -2.75. The van der Waals surface area contributed by atoms with E-state index in [9.17, 15) is 14.0 Å². The molecule has 0 unspecified atom stereocenters. The predicted molar refractivity (Wildman–Crippen MR) is 94.8 cm³/mol. The molecule has 0 aliphatic rings. The molecule has 0 aliphatic heterocycles. The van der Waals surface area contributed by atoms with Crippen molar-refractivity contribution in [3.63, 3.8) is 0 Å². The highest BCUT2D eigenvalue weighted by Gasteiger charge is 2.15. The van der Waals surface area contributed by atoms with Gasteiger partial charge in [0.25, 0.3) is 0 Å². The third-order valence-electron chi connectivity index (χ3n) is 3.18. The van der Waals surface area contributed by atoms with E-state index < -0.39 is 17.9 Å². The first-order chi connectivity index (χ1) is 11.8. The maximum absolute atomic E-state index is 13.8. The summed E-state index contributed by atoms with van der Waals surface area (Å²) < 4.78 is 13.8. The van der Waals surface area contributed by atoms with Crippen LogP contribution in [0.4, 0.5) is 25.7 Å². The van der Waals surface area contributed by atoms with Crippen LogP contribution >= 0.6 is 11.3 Å². The van der Waals surface area contributed by atoms with Crippen molar-refractivity contribution in [2.24, 2.45) is 5.92 Å². The number of halogens is 1. The van der Waals surface area contributed by atoms with E-state index in [1.807, 2.05) is 0 Å². The van der Waals surface area contributed by atoms with Crippen LogP contribution in [-0.2, 0) is 4.79 Å². The third-order valence-corrected chi connectivity index (χ3v) is 4.12. The number of anilines is 3. The number of amides is 3. The van der Waals surface area contributed by atoms with Gasteiger partial charge >= 0.3 is 6.03 Å². The first-order valence-corrected chi connectivity index (χ1v) is 8.34. The maximum Gasteiger partial charge on any atom is 0.319 e. The average Bonchev–Trinajstić information content (AvgIpc) is 2.97. The Balaban J connectivity index is 2.01. The molecule has 25 heavy (non-hydrogen) atoms. The standard InChI is InChI=1S/C15H19FN6O2S/c1-7(2)12(23)20-11-6-9(4-5-10(11)16)19-15(24)18-8(3)13-21-22-14(17)25-13/h4-8H,1-3H3,(H2,17,22)(H,20,23)(H2,18,19,24)/t8-/m1/s1. The minimum atomic E-state index is -0.585. The van der Waals surface area contributed by atoms with E-state index in [1.54, 1.807) is 20.8 Å². The van der Waals surface area contributed by atoms with Crippen molar-refractivity contribution in [1.82, 2.24) is 15.5 Å². The summed E-state index contributed by atoms with van der Waals surface area (Å²) in [6, 6.07) is 3.01. The molecule has 0 radical (unpaired) electrons. The highest BCUT2D eigenvalue weighted by molar-refractivity contribution is 7.15. The number of nitrogens with one attached hydrogen (secondary N) is 3. The molecule has 1 aromatic heterocycles. The van der Waals surface area contributed by atoms with Gasteiger partial charge in [-0.25, -0.2) is 9.18 Å². The van der Waals surface area contributed by atoms with Crippen molar-refractivity contribution < 1.29 is 14.0 Å². The Morgan fingerprint density at radius 1 is 1.20 bits per heavy atom. The zero-order valence-electron chi connectivity index (χ0n) is 14.0. The number of aromatic nitrogens is 2. The highest BCUT2D eigenvalue weighted by Crippen LogP contribution is 2.21. The molecule has 5 N–H and O–H groups in total. The Morgan fingerprint density at radius 3 is 2.52 bits per heavy atom. The largest absolute Gasteiger partial charge is 0.374 e. The molecular weight excluding hydrogens is 347 g/mol. The topological polar surface area (TPSA) is 122 Å². The zero-order valence-corrected chi connectivity index (χ0v) is 14.8. The van der Waals surface area contributed by atoms with Crippen LogP contribution in [0.5, 0.6) is 0 Å². The summed E-state index contributed by atoms with van der Waals surface area (Å²) >= 11 is 1.17. The molecule has 3 amide bonds. The molecule has 8 nitrogen and oxygen atoms in total. The average molecular weight is 366 g/mol. The molecule has 0 bridgehead atoms. The lowest BCUT2D eigenvalue weighted by atomic mass is 10.2. The van der Waals surface area contributed by atoms with Crippen molar-refractivity contribution in [3.8, 4) is 0 Å². The minimum absolute atomic E-state index is 0.00134. The van der Waals surface area contributed by atoms with Gasteiger partial charge in [0.2, 0.25) is 11.0 Å². The zero-order chi connectivity index (χ0) is 18.6. The Labute approximate surface area is 148 Å². The van der Waals surface area contributed by atoms with E-state index in [-0.39, 0.29) is 17.5 Å². The molecule has 1 aromatic carbocycles. The van der Waals surface area contributed by atoms with Gasteiger partial charge in [-0.15, -0.1) is 10.2 Å². The fraction of sp³-hybridized carbons (Fsp3) is 0.333. The molecule has 0 saturated carbocycles. The predicted octanol–water partition coefficient (Wildman–Crippen LogP) is 2.74. The summed E-state index contributed by atoms with van der Waals surface area (Å²) in [5.74, 6) is -1.19. The lowest BCUT2D eigenvalue weighted by molar-refractivity contribution is -0.118. The summed E-state index contributed by atoms with van der Waals surface area (Å²) in [7, 11) is 0. The lowest BCUT2D eigenvalue weighted by Gasteiger charge is -2.14. The van der Waals surface area contributed by atoms with E-state index in [2.05, 4.69) is 26.1 Å². The number of benzene rings is 1. The number of carbonyl (C=O) groups is 2. The maximum atomic E-state index is 13.8. The number of rotatable bonds is 5. The molecule has 0 spiro atoms. The van der Waals surface area contributed by atoms with Gasteiger partial charge in [-0.2, -0.15) is 0 Å². The van der Waals surface area contributed by atoms with E-state index in [4.69, 9.17) is 5.73 Å². The second-order valence-corrected chi connectivity index (χ2v) is 6.68. The normalized spacial score (nSPS) is 11.9. The van der Waals surface area contributed by atoms with E-state index in [0.29, 0.717) is 15.8 Å². The van der Waals surface area contributed by atoms with Crippen LogP contribution < -0.4 is 21.7 Å². The van der Waals surface area contributed by atoms with Crippen LogP contribution in [0.1, 0.15) is 31.8 Å². The summed E-state index contributed by atoms with van der Waals surface area (Å²) in [6.45, 7) is 5.13. The molecule has 2 rings (SSSR count). The second-order valence-electron chi connectivity index (χ2n) is 5.64. The minimum Gasteiger partial charge on any atom is -0.374 e. The number of nitrogen functional groups attached to an aromatic ring is 1. The number of carbonyl (C=O) groups excluding carboxylic acids is 2. The fourth-order valence-corrected chi connectivity index (χ4v) is 2.44. The molecule has 0 fully saturated rings. The van der Waals surface area contributed by atoms with Crippen LogP contribution in [-0.4, -0.2) is 22.1 Å². The van der Waals surface area contributed by atoms with Gasteiger partial charge in [-0.3, -0.25) is 4.79 Å². The lowest BCUT2D eigenvalue weighted by Crippen LogP contribution is -2.31. The summed E-state index contributed by atoms with van der Waals surface area (Å²) in [5, 5.41) is 16.1. The molecule has 10 heteroatoms. The van der Waals surface area contributed by atoms with Gasteiger partial charge in [0.05, 0.1) is 11.7 Å². The molecule has 1 heterocycles. The van der Waals surface area contributed by atoms with Crippen LogP contribution in [0, 0.1) is 11.7 Å². The van der Waals surface area contributed by atoms with E-state index >= 15 is 0 Å². The van der Waals surface area contributed by atoms with Crippen LogP contribution in [0.2, 0.25) is 0 Å². The number of urea groups is 1. The Morgan fingerprint density at radius 2 is 1.92 bits per heavy atom. The van der Waals surface area contributed by atoms with Gasteiger partial charge in [0, 0.05) is 11.6 Å². The molecule has 0 saturated heterocycles. The number of nitrogens with zero attached hydrogens (tertiary/aromatic N) is 2. The monoisotopic (exact) mass is 366 g/mol. The van der Waals surface area contributed by atoms with Crippen molar-refractivity contribution in [3.05, 3.63) is 29.0 Å². The van der Waals surface area contributed by atoms with Gasteiger partial charge in [-0.1, -0.05) is 25.2 Å². The van der Waals surface area contributed by atoms with Crippen molar-refractivity contribution in [2.45, 2.75) is 26.8 Å². The summed E-state index contributed by atoms with van der Waals surface area (Å²) in [4.78, 5) is 23.8. The van der Waals surface area contributed by atoms with Crippen molar-refractivity contribution in [1.29, 1.82) is 0 Å². The second kappa shape index (κ2) is 7.88. The third kappa shape index (κ3) is 5.11. The van der Waals surface area contributed by atoms with Crippen molar-refractivity contribution in [2.75, 3.05) is 16.4 Å². The first-order valence-electron chi connectivity index (χ1n) is 7.53.